The minimum absolute atomic E-state index is 0.228. The normalized spacial score (nSPS) is 21.9. The van der Waals surface area contributed by atoms with Crippen molar-refractivity contribution in [1.82, 2.24) is 4.90 Å². The van der Waals surface area contributed by atoms with Crippen LogP contribution >= 0.6 is 0 Å². The van der Waals surface area contributed by atoms with E-state index >= 15 is 0 Å². The first-order chi connectivity index (χ1) is 7.99. The Hall–Kier alpha value is -1.29. The van der Waals surface area contributed by atoms with E-state index in [-0.39, 0.29) is 5.82 Å². The fraction of sp³-hybridized carbons (Fsp3) is 0.538. The third-order valence-corrected chi connectivity index (χ3v) is 3.61. The van der Waals surface area contributed by atoms with E-state index in [9.17, 15) is 4.39 Å². The number of anilines is 2. The van der Waals surface area contributed by atoms with Gasteiger partial charge in [-0.15, -0.1) is 0 Å². The van der Waals surface area contributed by atoms with Crippen LogP contribution in [0.4, 0.5) is 15.8 Å². The second kappa shape index (κ2) is 4.53. The van der Waals surface area contributed by atoms with Crippen LogP contribution in [-0.2, 0) is 0 Å². The summed E-state index contributed by atoms with van der Waals surface area (Å²) in [5.74, 6) is -0.228. The fourth-order valence-electron chi connectivity index (χ4n) is 2.22. The minimum Gasteiger partial charge on any atom is -0.397 e. The largest absolute Gasteiger partial charge is 0.397 e. The van der Waals surface area contributed by atoms with Crippen LogP contribution in [0.25, 0.3) is 0 Å². The average Bonchev–Trinajstić information content (AvgIpc) is 2.27. The molecule has 0 aromatic heterocycles. The van der Waals surface area contributed by atoms with E-state index in [0.29, 0.717) is 17.3 Å². The van der Waals surface area contributed by atoms with Gasteiger partial charge in [-0.3, -0.25) is 0 Å². The molecule has 0 aliphatic carbocycles. The molecule has 1 saturated heterocycles. The average molecular weight is 237 g/mol. The molecule has 1 heterocycles. The lowest BCUT2D eigenvalue weighted by atomic mass is 10.1. The van der Waals surface area contributed by atoms with E-state index in [0.717, 1.165) is 25.3 Å². The van der Waals surface area contributed by atoms with Crippen LogP contribution in [0.5, 0.6) is 0 Å². The van der Waals surface area contributed by atoms with Crippen LogP contribution in [0, 0.1) is 12.7 Å². The van der Waals surface area contributed by atoms with Gasteiger partial charge in [-0.05, 0) is 38.6 Å². The van der Waals surface area contributed by atoms with Crippen LogP contribution in [0.15, 0.2) is 12.1 Å². The first-order valence-electron chi connectivity index (χ1n) is 6.00. The van der Waals surface area contributed by atoms with E-state index < -0.39 is 0 Å². The summed E-state index contributed by atoms with van der Waals surface area (Å²) in [7, 11) is 2.13. The highest BCUT2D eigenvalue weighted by Gasteiger charge is 2.22. The molecule has 1 aliphatic heterocycles. The standard InChI is InChI=1S/C13H20FN3/c1-9-6-13(12(15)7-11(9)14)17-5-4-16(3)10(2)8-17/h6-7,10H,4-5,8,15H2,1-3H3. The Balaban J connectivity index is 2.26. The Bertz CT molecular complexity index is 419. The van der Waals surface area contributed by atoms with Crippen molar-refractivity contribution in [3.05, 3.63) is 23.5 Å². The number of nitrogen functional groups attached to an aromatic ring is 1. The van der Waals surface area contributed by atoms with Crippen LogP contribution in [0.2, 0.25) is 0 Å². The molecule has 3 nitrogen and oxygen atoms in total. The van der Waals surface area contributed by atoms with Crippen molar-refractivity contribution in [2.24, 2.45) is 0 Å². The fourth-order valence-corrected chi connectivity index (χ4v) is 2.22. The van der Waals surface area contributed by atoms with Gasteiger partial charge < -0.3 is 15.5 Å². The molecule has 1 unspecified atom stereocenters. The van der Waals surface area contributed by atoms with Gasteiger partial charge in [0.1, 0.15) is 5.82 Å². The molecule has 94 valence electrons. The summed E-state index contributed by atoms with van der Waals surface area (Å²) < 4.78 is 13.4. The van der Waals surface area contributed by atoms with E-state index in [4.69, 9.17) is 5.73 Å². The lowest BCUT2D eigenvalue weighted by Crippen LogP contribution is -2.50. The molecule has 1 aliphatic rings. The molecule has 0 spiro atoms. The number of nitrogens with two attached hydrogens (primary N) is 1. The number of aryl methyl sites for hydroxylation is 1. The van der Waals surface area contributed by atoms with Gasteiger partial charge in [0.25, 0.3) is 0 Å². The number of hydrogen-bond acceptors (Lipinski definition) is 3. The lowest BCUT2D eigenvalue weighted by Gasteiger charge is -2.39. The van der Waals surface area contributed by atoms with Gasteiger partial charge in [0.05, 0.1) is 11.4 Å². The number of piperazine rings is 1. The molecule has 0 amide bonds. The summed E-state index contributed by atoms with van der Waals surface area (Å²) >= 11 is 0. The number of nitrogens with zero attached hydrogens (tertiary/aromatic N) is 2. The highest BCUT2D eigenvalue weighted by Crippen LogP contribution is 2.28. The summed E-state index contributed by atoms with van der Waals surface area (Å²) in [4.78, 5) is 4.56. The SMILES string of the molecule is Cc1cc(N2CCN(C)C(C)C2)c(N)cc1F. The van der Waals surface area contributed by atoms with Gasteiger partial charge in [0, 0.05) is 25.7 Å². The molecule has 1 atom stereocenters. The molecule has 0 saturated carbocycles. The summed E-state index contributed by atoms with van der Waals surface area (Å²) in [5, 5.41) is 0. The number of halogens is 1. The van der Waals surface area contributed by atoms with Gasteiger partial charge in [0.15, 0.2) is 0 Å². The minimum atomic E-state index is -0.228. The van der Waals surface area contributed by atoms with E-state index in [1.165, 1.54) is 6.07 Å². The Morgan fingerprint density at radius 1 is 1.35 bits per heavy atom. The zero-order valence-electron chi connectivity index (χ0n) is 10.7. The molecule has 2 rings (SSSR count). The number of likely N-dealkylation sites (N-methyl/N-ethyl adjacent to an activating group) is 1. The summed E-state index contributed by atoms with van der Waals surface area (Å²) in [6.45, 7) is 6.86. The van der Waals surface area contributed by atoms with Crippen molar-refractivity contribution in [1.29, 1.82) is 0 Å². The van der Waals surface area contributed by atoms with E-state index in [1.807, 2.05) is 6.07 Å². The highest BCUT2D eigenvalue weighted by molar-refractivity contribution is 5.69. The zero-order chi connectivity index (χ0) is 12.6. The van der Waals surface area contributed by atoms with Crippen LogP contribution in [0.3, 0.4) is 0 Å². The van der Waals surface area contributed by atoms with Crippen LogP contribution in [0.1, 0.15) is 12.5 Å². The van der Waals surface area contributed by atoms with Gasteiger partial charge in [-0.2, -0.15) is 0 Å². The predicted octanol–water partition coefficient (Wildman–Crippen LogP) is 1.86. The summed E-state index contributed by atoms with van der Waals surface area (Å²) in [6, 6.07) is 3.77. The zero-order valence-corrected chi connectivity index (χ0v) is 10.7. The van der Waals surface area contributed by atoms with Crippen LogP contribution < -0.4 is 10.6 Å². The van der Waals surface area contributed by atoms with Crippen molar-refractivity contribution in [2.45, 2.75) is 19.9 Å². The Morgan fingerprint density at radius 2 is 2.06 bits per heavy atom. The van der Waals surface area contributed by atoms with Gasteiger partial charge in [-0.1, -0.05) is 0 Å². The van der Waals surface area contributed by atoms with E-state index in [1.54, 1.807) is 6.92 Å². The highest BCUT2D eigenvalue weighted by atomic mass is 19.1. The first kappa shape index (κ1) is 12.2. The summed E-state index contributed by atoms with van der Waals surface area (Å²) in [6.07, 6.45) is 0. The second-order valence-corrected chi connectivity index (χ2v) is 4.94. The predicted molar refractivity (Wildman–Crippen MR) is 69.9 cm³/mol. The van der Waals surface area contributed by atoms with Crippen molar-refractivity contribution in [3.8, 4) is 0 Å². The lowest BCUT2D eigenvalue weighted by molar-refractivity contribution is 0.234. The molecule has 0 bridgehead atoms. The number of hydrogen-bond donors (Lipinski definition) is 1. The molecule has 1 aromatic carbocycles. The number of benzene rings is 1. The molecule has 1 fully saturated rings. The Morgan fingerprint density at radius 3 is 2.71 bits per heavy atom. The first-order valence-corrected chi connectivity index (χ1v) is 6.00. The maximum atomic E-state index is 13.4. The maximum absolute atomic E-state index is 13.4. The molecule has 2 N–H and O–H groups in total. The topological polar surface area (TPSA) is 32.5 Å². The molecule has 4 heteroatoms. The van der Waals surface area contributed by atoms with Crippen molar-refractivity contribution >= 4 is 11.4 Å². The van der Waals surface area contributed by atoms with Crippen molar-refractivity contribution in [3.63, 3.8) is 0 Å². The van der Waals surface area contributed by atoms with Crippen LogP contribution in [-0.4, -0.2) is 37.6 Å². The van der Waals surface area contributed by atoms with E-state index in [2.05, 4.69) is 23.8 Å². The summed E-state index contributed by atoms with van der Waals surface area (Å²) in [5.41, 5.74) is 8.05. The van der Waals surface area contributed by atoms with Gasteiger partial charge in [0.2, 0.25) is 0 Å². The maximum Gasteiger partial charge on any atom is 0.128 e. The Labute approximate surface area is 102 Å². The van der Waals surface area contributed by atoms with Crippen molar-refractivity contribution < 1.29 is 4.39 Å². The third-order valence-electron chi connectivity index (χ3n) is 3.61. The molecule has 0 radical (unpaired) electrons. The van der Waals surface area contributed by atoms with Gasteiger partial charge >= 0.3 is 0 Å². The molecular formula is C13H20FN3. The monoisotopic (exact) mass is 237 g/mol. The third kappa shape index (κ3) is 2.36. The van der Waals surface area contributed by atoms with Crippen molar-refractivity contribution in [2.75, 3.05) is 37.3 Å². The molecule has 1 aromatic rings. The van der Waals surface area contributed by atoms with Gasteiger partial charge in [-0.25, -0.2) is 4.39 Å². The Kier molecular flexibility index (Phi) is 3.24. The quantitative estimate of drug-likeness (QED) is 0.757. The molecule has 17 heavy (non-hydrogen) atoms. The molecular weight excluding hydrogens is 217 g/mol. The second-order valence-electron chi connectivity index (χ2n) is 4.94. The smallest absolute Gasteiger partial charge is 0.128 e. The number of rotatable bonds is 1.